The van der Waals surface area contributed by atoms with Crippen molar-refractivity contribution in [3.8, 4) is 5.75 Å². The Morgan fingerprint density at radius 3 is 2.28 bits per heavy atom. The van der Waals surface area contributed by atoms with Gasteiger partial charge < -0.3 is 15.2 Å². The number of anilines is 2. The van der Waals surface area contributed by atoms with Crippen molar-refractivity contribution in [1.82, 2.24) is 0 Å². The molecule has 0 amide bonds. The van der Waals surface area contributed by atoms with E-state index in [1.54, 1.807) is 30.1 Å². The maximum Gasteiger partial charge on any atom is 0.238 e. The van der Waals surface area contributed by atoms with Gasteiger partial charge in [-0.05, 0) is 47.1 Å². The Bertz CT molecular complexity index is 1110. The fraction of sp³-hybridized carbons (Fsp3) is 0.167. The highest BCUT2D eigenvalue weighted by molar-refractivity contribution is 7.81. The van der Waals surface area contributed by atoms with Gasteiger partial charge >= 0.3 is 0 Å². The Morgan fingerprint density at radius 2 is 1.72 bits per heavy atom. The third-order valence-electron chi connectivity index (χ3n) is 4.90. The minimum Gasteiger partial charge on any atom is -0.867 e. The summed E-state index contributed by atoms with van der Waals surface area (Å²) in [5.41, 5.74) is 2.56. The van der Waals surface area contributed by atoms with E-state index >= 15 is 0 Å². The van der Waals surface area contributed by atoms with Crippen molar-refractivity contribution in [2.45, 2.75) is 19.8 Å². The van der Waals surface area contributed by atoms with Crippen LogP contribution in [-0.4, -0.2) is 22.5 Å². The zero-order valence-electron chi connectivity index (χ0n) is 18.0. The van der Waals surface area contributed by atoms with Crippen molar-refractivity contribution < 1.29 is 24.8 Å². The van der Waals surface area contributed by atoms with Crippen LogP contribution in [0, 0.1) is 0 Å². The molecule has 0 aliphatic heterocycles. The molecule has 0 unspecified atom stereocenters. The average Bonchev–Trinajstić information content (AvgIpc) is 2.79. The lowest BCUT2D eigenvalue weighted by Gasteiger charge is -2.18. The van der Waals surface area contributed by atoms with E-state index in [0.717, 1.165) is 5.56 Å². The Balaban J connectivity index is 2.05. The molecule has 32 heavy (non-hydrogen) atoms. The molecule has 3 aromatic rings. The van der Waals surface area contributed by atoms with Crippen molar-refractivity contribution in [2.24, 2.45) is 0 Å². The summed E-state index contributed by atoms with van der Waals surface area (Å²) in [6, 6.07) is 17.0. The molecular weight excluding hydrogens is 426 g/mol. The van der Waals surface area contributed by atoms with E-state index in [2.05, 4.69) is 19.2 Å². The van der Waals surface area contributed by atoms with Crippen LogP contribution >= 0.6 is 12.2 Å². The van der Waals surface area contributed by atoms with Gasteiger partial charge in [-0.3, -0.25) is 10.4 Å². The van der Waals surface area contributed by atoms with Gasteiger partial charge in [0.2, 0.25) is 5.70 Å². The van der Waals surface area contributed by atoms with Crippen molar-refractivity contribution in [3.05, 3.63) is 84.2 Å². The monoisotopic (exact) mass is 451 g/mol. The molecule has 0 saturated heterocycles. The molecule has 0 fully saturated rings. The number of hydrogen-bond donors (Lipinski definition) is 3. The summed E-state index contributed by atoms with van der Waals surface area (Å²) in [4.78, 5) is 0.237. The minimum absolute atomic E-state index is 0.00670. The van der Waals surface area contributed by atoms with Gasteiger partial charge in [0, 0.05) is 23.9 Å². The molecule has 0 atom stereocenters. The van der Waals surface area contributed by atoms with E-state index in [-0.39, 0.29) is 27.4 Å². The van der Waals surface area contributed by atoms with E-state index in [0.29, 0.717) is 22.9 Å². The smallest absolute Gasteiger partial charge is 0.238 e. The first kappa shape index (κ1) is 23.2. The summed E-state index contributed by atoms with van der Waals surface area (Å²) in [5.74, 6) is 0.688. The first-order valence-electron chi connectivity index (χ1n) is 9.96. The average molecular weight is 452 g/mol. The first-order chi connectivity index (χ1) is 15.3. The molecule has 2 aromatic carbocycles. The topological polar surface area (TPSA) is 91.9 Å². The molecule has 1 aromatic heterocycles. The Kier molecular flexibility index (Phi) is 7.42. The number of thiocarbonyl (C=S) groups is 1. The van der Waals surface area contributed by atoms with Gasteiger partial charge in [-0.2, -0.15) is 4.57 Å². The second-order valence-corrected chi connectivity index (χ2v) is 7.80. The zero-order valence-corrected chi connectivity index (χ0v) is 18.8. The van der Waals surface area contributed by atoms with Gasteiger partial charge in [-0.1, -0.05) is 44.3 Å². The lowest BCUT2D eigenvalue weighted by atomic mass is 10.1. The molecule has 0 radical (unpaired) electrons. The zero-order chi connectivity index (χ0) is 23.3. The first-order valence-corrected chi connectivity index (χ1v) is 10.4. The number of benzene rings is 2. The molecule has 1 heterocycles. The molecular formula is C24H25N3O4S. The Morgan fingerprint density at radius 1 is 1.06 bits per heavy atom. The van der Waals surface area contributed by atoms with Gasteiger partial charge in [-0.25, -0.2) is 0 Å². The van der Waals surface area contributed by atoms with E-state index in [1.165, 1.54) is 24.3 Å². The third-order valence-corrected chi connectivity index (χ3v) is 5.19. The number of pyridine rings is 1. The third kappa shape index (κ3) is 5.42. The van der Waals surface area contributed by atoms with Crippen LogP contribution in [0.15, 0.2) is 73.1 Å². The minimum atomic E-state index is -0.318. The lowest BCUT2D eigenvalue weighted by Crippen LogP contribution is -2.40. The molecule has 8 heteroatoms. The maximum atomic E-state index is 13.5. The van der Waals surface area contributed by atoms with Crippen LogP contribution in [-0.2, 0) is 0 Å². The number of hydrogen-bond acceptors (Lipinski definition) is 6. The van der Waals surface area contributed by atoms with Crippen LogP contribution in [0.5, 0.6) is 5.75 Å². The summed E-state index contributed by atoms with van der Waals surface area (Å²) in [6.45, 7) is 4.19. The van der Waals surface area contributed by atoms with Crippen LogP contribution in [0.3, 0.4) is 0 Å². The highest BCUT2D eigenvalue weighted by Crippen LogP contribution is 2.22. The second-order valence-electron chi connectivity index (χ2n) is 7.39. The SMILES string of the molecule is COc1cccc(NC(=S)/C(=C(\[O-])c2ccc(N(O)O)cc2)[n+]2ccc(C(C)C)cc2)c1. The molecule has 166 valence electrons. The lowest BCUT2D eigenvalue weighted by molar-refractivity contribution is -0.577. The van der Waals surface area contributed by atoms with E-state index in [1.807, 2.05) is 30.3 Å². The molecule has 0 aliphatic rings. The summed E-state index contributed by atoms with van der Waals surface area (Å²) in [5, 5.41) is 34.9. The normalized spacial score (nSPS) is 11.7. The van der Waals surface area contributed by atoms with Gasteiger partial charge in [0.1, 0.15) is 5.75 Å². The van der Waals surface area contributed by atoms with Crippen molar-refractivity contribution in [3.63, 3.8) is 0 Å². The predicted molar refractivity (Wildman–Crippen MR) is 126 cm³/mol. The largest absolute Gasteiger partial charge is 0.867 e. The van der Waals surface area contributed by atoms with Crippen LogP contribution < -0.4 is 25.0 Å². The fourth-order valence-corrected chi connectivity index (χ4v) is 3.40. The van der Waals surface area contributed by atoms with Crippen molar-refractivity contribution >= 4 is 40.0 Å². The van der Waals surface area contributed by atoms with Crippen molar-refractivity contribution in [1.29, 1.82) is 0 Å². The molecule has 0 bridgehead atoms. The molecule has 3 rings (SSSR count). The highest BCUT2D eigenvalue weighted by atomic mass is 32.1. The number of aromatic nitrogens is 1. The standard InChI is InChI=1S/C24H25N3O4S/c1-16(2)17-11-13-26(14-12-17)22(23(28)18-7-9-20(10-8-18)27(29)30)24(32)25-19-5-4-6-21(15-19)31-3/h4-16,29-30H,1-3H3,(H-,25,28,32). The van der Waals surface area contributed by atoms with Crippen LogP contribution in [0.4, 0.5) is 11.4 Å². The molecule has 0 aliphatic carbocycles. The molecule has 7 nitrogen and oxygen atoms in total. The molecule has 3 N–H and O–H groups in total. The fourth-order valence-electron chi connectivity index (χ4n) is 3.08. The number of nitrogens with one attached hydrogen (secondary N) is 1. The number of nitrogens with zero attached hydrogens (tertiary/aromatic N) is 2. The Labute approximate surface area is 192 Å². The van der Waals surface area contributed by atoms with Crippen LogP contribution in [0.1, 0.15) is 30.9 Å². The van der Waals surface area contributed by atoms with Crippen molar-refractivity contribution in [2.75, 3.05) is 17.7 Å². The Hall–Kier alpha value is -3.46. The summed E-state index contributed by atoms with van der Waals surface area (Å²) in [7, 11) is 1.58. The predicted octanol–water partition coefficient (Wildman–Crippen LogP) is 3.82. The second kappa shape index (κ2) is 10.2. The summed E-state index contributed by atoms with van der Waals surface area (Å²) < 4.78 is 6.94. The van der Waals surface area contributed by atoms with Gasteiger partial charge in [0.05, 0.1) is 12.8 Å². The quantitative estimate of drug-likeness (QED) is 0.165. The highest BCUT2D eigenvalue weighted by Gasteiger charge is 2.20. The molecule has 0 saturated carbocycles. The van der Waals surface area contributed by atoms with Crippen LogP contribution in [0.2, 0.25) is 0 Å². The number of methoxy groups -OCH3 is 1. The van der Waals surface area contributed by atoms with E-state index in [9.17, 15) is 5.11 Å². The summed E-state index contributed by atoms with van der Waals surface area (Å²) in [6.07, 6.45) is 3.61. The number of rotatable bonds is 7. The van der Waals surface area contributed by atoms with Gasteiger partial charge in [-0.15, -0.1) is 5.23 Å². The van der Waals surface area contributed by atoms with Crippen LogP contribution in [0.25, 0.3) is 11.5 Å². The summed E-state index contributed by atoms with van der Waals surface area (Å²) >= 11 is 5.63. The number of ether oxygens (including phenoxy) is 1. The van der Waals surface area contributed by atoms with Gasteiger partial charge in [0.25, 0.3) is 0 Å². The van der Waals surface area contributed by atoms with Gasteiger partial charge in [0.15, 0.2) is 17.4 Å². The maximum absolute atomic E-state index is 13.5. The molecule has 0 spiro atoms. The van der Waals surface area contributed by atoms with E-state index < -0.39 is 0 Å². The van der Waals surface area contributed by atoms with E-state index in [4.69, 9.17) is 27.4 Å².